The summed E-state index contributed by atoms with van der Waals surface area (Å²) in [6.07, 6.45) is 4.03. The number of H-pyrrole nitrogens is 1. The second kappa shape index (κ2) is 9.44. The van der Waals surface area contributed by atoms with Gasteiger partial charge in [-0.3, -0.25) is 4.79 Å². The van der Waals surface area contributed by atoms with E-state index >= 15 is 0 Å². The molecule has 27 heavy (non-hydrogen) atoms. The molecule has 142 valence electrons. The zero-order valence-corrected chi connectivity index (χ0v) is 16.0. The highest BCUT2D eigenvalue weighted by atomic mass is 35.5. The Morgan fingerprint density at radius 1 is 1.15 bits per heavy atom. The number of rotatable bonds is 9. The summed E-state index contributed by atoms with van der Waals surface area (Å²) >= 11 is 6.20. The molecule has 2 aromatic carbocycles. The number of fused-ring (bicyclic) bond motifs is 1. The number of aryl methyl sites for hydroxylation is 1. The van der Waals surface area contributed by atoms with E-state index in [1.54, 1.807) is 25.3 Å². The molecule has 0 unspecified atom stereocenters. The Balaban J connectivity index is 1.55. The number of amides is 1. The van der Waals surface area contributed by atoms with Gasteiger partial charge in [0.1, 0.15) is 6.61 Å². The molecule has 0 fully saturated rings. The molecule has 0 saturated carbocycles. The van der Waals surface area contributed by atoms with Crippen LogP contribution in [0.3, 0.4) is 0 Å². The van der Waals surface area contributed by atoms with Crippen molar-refractivity contribution >= 4 is 34.1 Å². The number of hydrogen-bond donors (Lipinski definition) is 2. The summed E-state index contributed by atoms with van der Waals surface area (Å²) in [5.74, 6) is 0.412. The molecule has 0 atom stereocenters. The van der Waals surface area contributed by atoms with Gasteiger partial charge >= 0.3 is 0 Å². The van der Waals surface area contributed by atoms with Crippen LogP contribution >= 0.6 is 11.6 Å². The smallest absolute Gasteiger partial charge is 0.224 e. The fourth-order valence-corrected chi connectivity index (χ4v) is 3.20. The van der Waals surface area contributed by atoms with Crippen molar-refractivity contribution in [1.82, 2.24) is 4.98 Å². The van der Waals surface area contributed by atoms with Gasteiger partial charge in [0.25, 0.3) is 0 Å². The molecule has 3 rings (SSSR count). The van der Waals surface area contributed by atoms with Crippen LogP contribution < -0.4 is 10.1 Å². The van der Waals surface area contributed by atoms with Gasteiger partial charge in [-0.2, -0.15) is 0 Å². The first-order valence-corrected chi connectivity index (χ1v) is 9.32. The van der Waals surface area contributed by atoms with E-state index in [1.807, 2.05) is 18.3 Å². The second-order valence-electron chi connectivity index (χ2n) is 6.22. The average Bonchev–Trinajstić information content (AvgIpc) is 3.07. The summed E-state index contributed by atoms with van der Waals surface area (Å²) in [5, 5.41) is 4.57. The van der Waals surface area contributed by atoms with E-state index in [0.29, 0.717) is 36.1 Å². The van der Waals surface area contributed by atoms with E-state index in [4.69, 9.17) is 21.1 Å². The molecule has 0 aliphatic heterocycles. The van der Waals surface area contributed by atoms with Crippen LogP contribution in [-0.2, 0) is 16.0 Å². The topological polar surface area (TPSA) is 63.4 Å². The molecule has 0 aliphatic rings. The maximum absolute atomic E-state index is 12.4. The van der Waals surface area contributed by atoms with Gasteiger partial charge in [0, 0.05) is 30.6 Å². The van der Waals surface area contributed by atoms with Crippen molar-refractivity contribution in [1.29, 1.82) is 0 Å². The van der Waals surface area contributed by atoms with Crippen LogP contribution in [-0.4, -0.2) is 31.2 Å². The lowest BCUT2D eigenvalue weighted by atomic mass is 10.1. The number of ether oxygens (including phenoxy) is 2. The molecule has 2 N–H and O–H groups in total. The standard InChI is InChI=1S/C21H23ClN2O3/c1-26-12-13-27-21-17(22)8-5-10-19(21)24-20(25)11-4-6-15-14-23-18-9-3-2-7-16(15)18/h2-3,5,7-10,14,23H,4,6,11-13H2,1H3,(H,24,25). The number of aromatic amines is 1. The van der Waals surface area contributed by atoms with Crippen LogP contribution in [0.1, 0.15) is 18.4 Å². The third-order valence-corrected chi connectivity index (χ3v) is 4.60. The lowest BCUT2D eigenvalue weighted by Gasteiger charge is -2.13. The lowest BCUT2D eigenvalue weighted by molar-refractivity contribution is -0.116. The van der Waals surface area contributed by atoms with Crippen molar-refractivity contribution in [2.45, 2.75) is 19.3 Å². The van der Waals surface area contributed by atoms with Crippen molar-refractivity contribution < 1.29 is 14.3 Å². The molecule has 1 heterocycles. The number of methoxy groups -OCH3 is 1. The minimum Gasteiger partial charge on any atom is -0.487 e. The number of halogens is 1. The first kappa shape index (κ1) is 19.3. The number of nitrogens with one attached hydrogen (secondary N) is 2. The molecule has 5 nitrogen and oxygen atoms in total. The van der Waals surface area contributed by atoms with Crippen molar-refractivity contribution in [2.24, 2.45) is 0 Å². The number of aromatic nitrogens is 1. The third-order valence-electron chi connectivity index (χ3n) is 4.30. The summed E-state index contributed by atoms with van der Waals surface area (Å²) in [5.41, 5.74) is 2.93. The molecule has 3 aromatic rings. The normalized spacial score (nSPS) is 10.9. The predicted molar refractivity (Wildman–Crippen MR) is 109 cm³/mol. The number of hydrogen-bond acceptors (Lipinski definition) is 3. The van der Waals surface area contributed by atoms with Crippen LogP contribution in [0.15, 0.2) is 48.7 Å². The largest absolute Gasteiger partial charge is 0.487 e. The van der Waals surface area contributed by atoms with Gasteiger partial charge in [0.05, 0.1) is 17.3 Å². The Kier molecular flexibility index (Phi) is 6.74. The van der Waals surface area contributed by atoms with Gasteiger partial charge in [-0.05, 0) is 36.6 Å². The Morgan fingerprint density at radius 3 is 2.85 bits per heavy atom. The van der Waals surface area contributed by atoms with E-state index < -0.39 is 0 Å². The van der Waals surface area contributed by atoms with Gasteiger partial charge in [-0.15, -0.1) is 0 Å². The van der Waals surface area contributed by atoms with Gasteiger partial charge in [-0.1, -0.05) is 35.9 Å². The van der Waals surface area contributed by atoms with Gasteiger partial charge in [0.15, 0.2) is 5.75 Å². The van der Waals surface area contributed by atoms with Crippen LogP contribution in [0, 0.1) is 0 Å². The zero-order chi connectivity index (χ0) is 19.1. The Morgan fingerprint density at radius 2 is 2.00 bits per heavy atom. The molecule has 1 aromatic heterocycles. The molecule has 6 heteroatoms. The summed E-state index contributed by atoms with van der Waals surface area (Å²) in [6, 6.07) is 13.5. The lowest BCUT2D eigenvalue weighted by Crippen LogP contribution is -2.13. The first-order valence-electron chi connectivity index (χ1n) is 8.94. The number of anilines is 1. The van der Waals surface area contributed by atoms with Crippen molar-refractivity contribution in [3.05, 3.63) is 59.2 Å². The molecule has 0 spiro atoms. The van der Waals surface area contributed by atoms with Crippen LogP contribution in [0.5, 0.6) is 5.75 Å². The summed E-state index contributed by atoms with van der Waals surface area (Å²) in [7, 11) is 1.60. The quantitative estimate of drug-likeness (QED) is 0.519. The van der Waals surface area contributed by atoms with E-state index in [-0.39, 0.29) is 5.91 Å². The van der Waals surface area contributed by atoms with E-state index in [9.17, 15) is 4.79 Å². The van der Waals surface area contributed by atoms with Gasteiger partial charge in [0.2, 0.25) is 5.91 Å². The highest BCUT2D eigenvalue weighted by Gasteiger charge is 2.12. The fraction of sp³-hybridized carbons (Fsp3) is 0.286. The number of carbonyl (C=O) groups excluding carboxylic acids is 1. The van der Waals surface area contributed by atoms with Crippen LogP contribution in [0.2, 0.25) is 5.02 Å². The fourth-order valence-electron chi connectivity index (χ4n) is 2.97. The van der Waals surface area contributed by atoms with Crippen LogP contribution in [0.25, 0.3) is 10.9 Å². The molecular weight excluding hydrogens is 364 g/mol. The van der Waals surface area contributed by atoms with Crippen molar-refractivity contribution in [2.75, 3.05) is 25.6 Å². The van der Waals surface area contributed by atoms with E-state index in [1.165, 1.54) is 10.9 Å². The maximum Gasteiger partial charge on any atom is 0.224 e. The molecule has 1 amide bonds. The van der Waals surface area contributed by atoms with Crippen LogP contribution in [0.4, 0.5) is 5.69 Å². The summed E-state index contributed by atoms with van der Waals surface area (Å²) in [4.78, 5) is 15.6. The molecular formula is C21H23ClN2O3. The minimum atomic E-state index is -0.0614. The average molecular weight is 387 g/mol. The monoisotopic (exact) mass is 386 g/mol. The summed E-state index contributed by atoms with van der Waals surface area (Å²) < 4.78 is 10.6. The first-order chi connectivity index (χ1) is 13.2. The number of benzene rings is 2. The second-order valence-corrected chi connectivity index (χ2v) is 6.63. The van der Waals surface area contributed by atoms with E-state index in [0.717, 1.165) is 18.4 Å². The Hall–Kier alpha value is -2.50. The van der Waals surface area contributed by atoms with Gasteiger partial charge in [-0.25, -0.2) is 0 Å². The van der Waals surface area contributed by atoms with Gasteiger partial charge < -0.3 is 19.8 Å². The molecule has 0 saturated heterocycles. The number of carbonyl (C=O) groups is 1. The molecule has 0 radical (unpaired) electrons. The maximum atomic E-state index is 12.4. The SMILES string of the molecule is COCCOc1c(Cl)cccc1NC(=O)CCCc1c[nH]c2ccccc12. The van der Waals surface area contributed by atoms with Crippen molar-refractivity contribution in [3.8, 4) is 5.75 Å². The van der Waals surface area contributed by atoms with E-state index in [2.05, 4.69) is 22.4 Å². The molecule has 0 aliphatic carbocycles. The molecule has 0 bridgehead atoms. The number of para-hydroxylation sites is 2. The Bertz CT molecular complexity index is 907. The predicted octanol–water partition coefficient (Wildman–Crippen LogP) is 4.81. The summed E-state index contributed by atoms with van der Waals surface area (Å²) in [6.45, 7) is 0.812. The minimum absolute atomic E-state index is 0.0614. The highest BCUT2D eigenvalue weighted by molar-refractivity contribution is 6.32. The third kappa shape index (κ3) is 5.02. The Labute approximate surface area is 163 Å². The zero-order valence-electron chi connectivity index (χ0n) is 15.3. The van der Waals surface area contributed by atoms with Crippen molar-refractivity contribution in [3.63, 3.8) is 0 Å². The highest BCUT2D eigenvalue weighted by Crippen LogP contribution is 2.33.